The number of nitrogens with one attached hydrogen (secondary N) is 1. The van der Waals surface area contributed by atoms with E-state index in [2.05, 4.69) is 34.6 Å². The van der Waals surface area contributed by atoms with Crippen LogP contribution in [0.4, 0.5) is 5.82 Å². The van der Waals surface area contributed by atoms with E-state index >= 15 is 0 Å². The minimum atomic E-state index is -0.193. The van der Waals surface area contributed by atoms with Crippen molar-refractivity contribution in [1.29, 1.82) is 0 Å². The number of allylic oxidation sites excluding steroid dienone is 2. The number of nitrogens with zero attached hydrogens (tertiary/aromatic N) is 2. The second kappa shape index (κ2) is 10.9. The van der Waals surface area contributed by atoms with Crippen LogP contribution in [-0.4, -0.2) is 29.1 Å². The van der Waals surface area contributed by atoms with Crippen molar-refractivity contribution in [1.82, 2.24) is 9.97 Å². The Morgan fingerprint density at radius 3 is 3.16 bits per heavy atom. The molecule has 1 unspecified atom stereocenters. The lowest BCUT2D eigenvalue weighted by Gasteiger charge is -2.17. The van der Waals surface area contributed by atoms with Gasteiger partial charge in [0, 0.05) is 29.7 Å². The number of carbonyl (C=O) groups is 1. The minimum absolute atomic E-state index is 0.0609. The van der Waals surface area contributed by atoms with Gasteiger partial charge in [0.1, 0.15) is 5.82 Å². The average Bonchev–Trinajstić information content (AvgIpc) is 3.28. The lowest BCUT2D eigenvalue weighted by atomic mass is 9.95. The van der Waals surface area contributed by atoms with Crippen molar-refractivity contribution >= 4 is 22.9 Å². The highest BCUT2D eigenvalue weighted by molar-refractivity contribution is 5.75. The molecular weight excluding hydrogens is 402 g/mol. The summed E-state index contributed by atoms with van der Waals surface area (Å²) in [6, 6.07) is 8.31. The smallest absolute Gasteiger partial charge is 0.306 e. The maximum atomic E-state index is 12.1. The first-order chi connectivity index (χ1) is 15.7. The zero-order valence-corrected chi connectivity index (χ0v) is 18.7. The summed E-state index contributed by atoms with van der Waals surface area (Å²) in [6.07, 6.45) is 14.4. The van der Waals surface area contributed by atoms with Crippen LogP contribution in [0.3, 0.4) is 0 Å². The number of ether oxygens (including phenoxy) is 1. The topological polar surface area (TPSA) is 77.2 Å². The molecule has 0 aliphatic carbocycles. The maximum absolute atomic E-state index is 12.1. The zero-order chi connectivity index (χ0) is 22.2. The number of hydrogen-bond acceptors (Lipinski definition) is 6. The van der Waals surface area contributed by atoms with Gasteiger partial charge in [0.15, 0.2) is 0 Å². The number of esters is 1. The van der Waals surface area contributed by atoms with E-state index in [-0.39, 0.29) is 11.9 Å². The fourth-order valence-electron chi connectivity index (χ4n) is 4.11. The highest BCUT2D eigenvalue weighted by atomic mass is 16.5. The molecule has 1 aliphatic heterocycles. The highest BCUT2D eigenvalue weighted by Gasteiger charge is 2.16. The third-order valence-electron chi connectivity index (χ3n) is 5.82. The molecule has 6 nitrogen and oxygen atoms in total. The van der Waals surface area contributed by atoms with Crippen molar-refractivity contribution in [3.05, 3.63) is 65.7 Å². The van der Waals surface area contributed by atoms with Crippen molar-refractivity contribution < 1.29 is 13.9 Å². The number of pyridine rings is 2. The van der Waals surface area contributed by atoms with Gasteiger partial charge in [-0.05, 0) is 74.8 Å². The molecule has 0 radical (unpaired) electrons. The van der Waals surface area contributed by atoms with Gasteiger partial charge >= 0.3 is 5.97 Å². The summed E-state index contributed by atoms with van der Waals surface area (Å²) in [5.41, 5.74) is 4.09. The molecule has 4 rings (SSSR count). The molecule has 0 aromatic carbocycles. The summed E-state index contributed by atoms with van der Waals surface area (Å²) in [4.78, 5) is 21.3. The normalized spacial score (nSPS) is 14.3. The van der Waals surface area contributed by atoms with Crippen LogP contribution in [0, 0.1) is 0 Å². The van der Waals surface area contributed by atoms with Crippen molar-refractivity contribution in [3.8, 4) is 0 Å². The highest BCUT2D eigenvalue weighted by Crippen LogP contribution is 2.26. The molecule has 0 spiro atoms. The van der Waals surface area contributed by atoms with E-state index in [1.165, 1.54) is 12.0 Å². The minimum Gasteiger partial charge on any atom is -0.466 e. The summed E-state index contributed by atoms with van der Waals surface area (Å²) in [6.45, 7) is 3.24. The number of aryl methyl sites for hydroxylation is 2. The molecule has 4 heterocycles. The second-order valence-electron chi connectivity index (χ2n) is 8.21. The Labute approximate surface area is 189 Å². The van der Waals surface area contributed by atoms with Crippen molar-refractivity contribution in [2.45, 2.75) is 57.8 Å². The fraction of sp³-hybridized carbons (Fsp3) is 0.423. The van der Waals surface area contributed by atoms with Gasteiger partial charge in [-0.15, -0.1) is 0 Å². The van der Waals surface area contributed by atoms with Gasteiger partial charge in [-0.3, -0.25) is 4.79 Å². The van der Waals surface area contributed by atoms with Crippen LogP contribution in [0.2, 0.25) is 0 Å². The molecule has 0 bridgehead atoms. The van der Waals surface area contributed by atoms with E-state index in [9.17, 15) is 4.79 Å². The molecule has 0 saturated heterocycles. The van der Waals surface area contributed by atoms with Crippen molar-refractivity contribution in [2.75, 3.05) is 18.5 Å². The molecule has 168 valence electrons. The molecular formula is C26H31N3O3. The number of anilines is 1. The molecule has 0 fully saturated rings. The first-order valence-electron chi connectivity index (χ1n) is 11.6. The summed E-state index contributed by atoms with van der Waals surface area (Å²) in [7, 11) is 0. The third kappa shape index (κ3) is 5.75. The van der Waals surface area contributed by atoms with Gasteiger partial charge in [0.05, 0.1) is 19.3 Å². The average molecular weight is 434 g/mol. The number of unbranched alkanes of at least 4 members (excludes halogenated alkanes) is 2. The van der Waals surface area contributed by atoms with E-state index in [1.807, 2.05) is 19.1 Å². The Balaban J connectivity index is 1.31. The maximum Gasteiger partial charge on any atom is 0.306 e. The number of aromatic nitrogens is 2. The Morgan fingerprint density at radius 1 is 1.31 bits per heavy atom. The van der Waals surface area contributed by atoms with Gasteiger partial charge in [-0.2, -0.15) is 0 Å². The Morgan fingerprint density at radius 2 is 2.25 bits per heavy atom. The van der Waals surface area contributed by atoms with Crippen molar-refractivity contribution in [3.63, 3.8) is 0 Å². The Bertz CT molecular complexity index is 1070. The molecule has 32 heavy (non-hydrogen) atoms. The van der Waals surface area contributed by atoms with Gasteiger partial charge < -0.3 is 14.5 Å². The standard InChI is InChI=1S/C26H31N3O3/c1-2-31-24(30)17-20(22-16-21-13-15-32-26(21)28-18-22)8-5-3-4-6-10-23-12-11-19-9-7-14-27-25(19)29-23/h5,8,11-13,15-16,18,20H,2-4,6-7,9-10,14,17H2,1H3,(H,27,29). The van der Waals surface area contributed by atoms with E-state index in [4.69, 9.17) is 14.1 Å². The lowest BCUT2D eigenvalue weighted by molar-refractivity contribution is -0.143. The zero-order valence-electron chi connectivity index (χ0n) is 18.7. The van der Waals surface area contributed by atoms with Crippen LogP contribution in [0.15, 0.2) is 53.3 Å². The van der Waals surface area contributed by atoms with Gasteiger partial charge in [0.2, 0.25) is 5.71 Å². The monoisotopic (exact) mass is 433 g/mol. The lowest BCUT2D eigenvalue weighted by Crippen LogP contribution is -2.13. The van der Waals surface area contributed by atoms with Crippen LogP contribution in [-0.2, 0) is 22.4 Å². The molecule has 1 aliphatic rings. The predicted octanol–water partition coefficient (Wildman–Crippen LogP) is 5.59. The molecule has 3 aromatic rings. The number of fused-ring (bicyclic) bond motifs is 2. The quantitative estimate of drug-likeness (QED) is 0.255. The summed E-state index contributed by atoms with van der Waals surface area (Å²) >= 11 is 0. The summed E-state index contributed by atoms with van der Waals surface area (Å²) < 4.78 is 10.5. The molecule has 3 aromatic heterocycles. The molecule has 6 heteroatoms. The second-order valence-corrected chi connectivity index (χ2v) is 8.21. The van der Waals surface area contributed by atoms with E-state index in [0.717, 1.165) is 61.1 Å². The Hall–Kier alpha value is -3.15. The first kappa shape index (κ1) is 22.1. The van der Waals surface area contributed by atoms with Gasteiger partial charge in [0.25, 0.3) is 0 Å². The third-order valence-corrected chi connectivity index (χ3v) is 5.82. The van der Waals surface area contributed by atoms with Crippen LogP contribution in [0.1, 0.15) is 61.8 Å². The number of carbonyl (C=O) groups excluding carboxylic acids is 1. The molecule has 1 atom stereocenters. The largest absolute Gasteiger partial charge is 0.466 e. The van der Waals surface area contributed by atoms with Crippen LogP contribution < -0.4 is 5.32 Å². The summed E-state index contributed by atoms with van der Waals surface area (Å²) in [5.74, 6) is 0.814. The van der Waals surface area contributed by atoms with Gasteiger partial charge in [-0.1, -0.05) is 18.2 Å². The molecule has 1 N–H and O–H groups in total. The summed E-state index contributed by atoms with van der Waals surface area (Å²) in [5, 5.41) is 4.35. The fourth-order valence-corrected chi connectivity index (χ4v) is 4.11. The number of rotatable bonds is 10. The van der Waals surface area contributed by atoms with Crippen LogP contribution in [0.25, 0.3) is 11.1 Å². The van der Waals surface area contributed by atoms with E-state index < -0.39 is 0 Å². The SMILES string of the molecule is CCOC(=O)CC(C=CCCCCc1ccc2c(n1)NCCC2)c1cnc2occc2c1. The van der Waals surface area contributed by atoms with Crippen molar-refractivity contribution in [2.24, 2.45) is 0 Å². The predicted molar refractivity (Wildman–Crippen MR) is 126 cm³/mol. The van der Waals surface area contributed by atoms with Crippen LogP contribution in [0.5, 0.6) is 0 Å². The first-order valence-corrected chi connectivity index (χ1v) is 11.6. The number of hydrogen-bond donors (Lipinski definition) is 1. The van der Waals surface area contributed by atoms with Crippen LogP contribution >= 0.6 is 0 Å². The number of furan rings is 1. The van der Waals surface area contributed by atoms with E-state index in [0.29, 0.717) is 18.7 Å². The molecule has 0 saturated carbocycles. The Kier molecular flexibility index (Phi) is 7.54. The molecule has 0 amide bonds. The van der Waals surface area contributed by atoms with Gasteiger partial charge in [-0.25, -0.2) is 9.97 Å². The van der Waals surface area contributed by atoms with E-state index in [1.54, 1.807) is 12.5 Å².